The lowest BCUT2D eigenvalue weighted by molar-refractivity contribution is 0.0931. The average Bonchev–Trinajstić information content (AvgIpc) is 2.88. The Hall–Kier alpha value is -1.69. The second kappa shape index (κ2) is 4.20. The molecule has 0 amide bonds. The van der Waals surface area contributed by atoms with Gasteiger partial charge in [0.25, 0.3) is 0 Å². The van der Waals surface area contributed by atoms with E-state index in [4.69, 9.17) is 4.74 Å². The summed E-state index contributed by atoms with van der Waals surface area (Å²) in [5.41, 5.74) is 1.39. The second-order valence-electron chi connectivity index (χ2n) is 4.74. The maximum Gasteiger partial charge on any atom is 0.351 e. The Balaban J connectivity index is 2.05. The fraction of sp³-hybridized carbons (Fsp3) is 0.583. The van der Waals surface area contributed by atoms with Crippen LogP contribution in [0.3, 0.4) is 0 Å². The van der Waals surface area contributed by atoms with Crippen molar-refractivity contribution in [2.75, 3.05) is 6.61 Å². The number of nitrogens with zero attached hydrogens (tertiary/aromatic N) is 4. The third kappa shape index (κ3) is 1.82. The van der Waals surface area contributed by atoms with Gasteiger partial charge in [-0.25, -0.2) is 18.9 Å². The Kier molecular flexibility index (Phi) is 2.66. The molecule has 3 heterocycles. The number of hydrogen-bond acceptors (Lipinski definition) is 4. The molecule has 2 aromatic rings. The van der Waals surface area contributed by atoms with E-state index in [1.165, 1.54) is 4.68 Å². The van der Waals surface area contributed by atoms with Crippen LogP contribution >= 0.6 is 0 Å². The van der Waals surface area contributed by atoms with Crippen molar-refractivity contribution in [3.8, 4) is 0 Å². The van der Waals surface area contributed by atoms with Gasteiger partial charge in [0.2, 0.25) is 0 Å². The van der Waals surface area contributed by atoms with Crippen molar-refractivity contribution in [3.63, 3.8) is 0 Å². The number of aryl methyl sites for hydroxylation is 2. The summed E-state index contributed by atoms with van der Waals surface area (Å²) in [7, 11) is 0. The van der Waals surface area contributed by atoms with Crippen LogP contribution in [0.25, 0.3) is 5.65 Å². The predicted molar refractivity (Wildman–Crippen MR) is 65.7 cm³/mol. The molecule has 1 atom stereocenters. The van der Waals surface area contributed by atoms with Crippen molar-refractivity contribution in [3.05, 3.63) is 28.1 Å². The third-order valence-corrected chi connectivity index (χ3v) is 3.26. The largest absolute Gasteiger partial charge is 0.376 e. The highest BCUT2D eigenvalue weighted by Gasteiger charge is 2.19. The number of fused-ring (bicyclic) bond motifs is 1. The molecule has 1 fully saturated rings. The van der Waals surface area contributed by atoms with Gasteiger partial charge in [0.15, 0.2) is 5.65 Å². The minimum atomic E-state index is -0.134. The summed E-state index contributed by atoms with van der Waals surface area (Å²) >= 11 is 0. The van der Waals surface area contributed by atoms with Crippen LogP contribution in [0.4, 0.5) is 0 Å². The summed E-state index contributed by atoms with van der Waals surface area (Å²) in [6, 6.07) is 1.82. The zero-order valence-corrected chi connectivity index (χ0v) is 10.6. The van der Waals surface area contributed by atoms with Gasteiger partial charge in [-0.3, -0.25) is 0 Å². The van der Waals surface area contributed by atoms with Gasteiger partial charge in [0.1, 0.15) is 5.82 Å². The minimum Gasteiger partial charge on any atom is -0.376 e. The Labute approximate surface area is 104 Å². The van der Waals surface area contributed by atoms with E-state index in [0.717, 1.165) is 25.1 Å². The van der Waals surface area contributed by atoms with Crippen LogP contribution in [0, 0.1) is 13.8 Å². The molecule has 1 aliphatic heterocycles. The topological polar surface area (TPSA) is 61.4 Å². The summed E-state index contributed by atoms with van der Waals surface area (Å²) in [6.45, 7) is 5.03. The summed E-state index contributed by atoms with van der Waals surface area (Å²) in [4.78, 5) is 16.5. The van der Waals surface area contributed by atoms with Crippen LogP contribution in [0.5, 0.6) is 0 Å². The highest BCUT2D eigenvalue weighted by atomic mass is 16.5. The molecular formula is C12H16N4O2. The van der Waals surface area contributed by atoms with E-state index in [1.807, 2.05) is 19.9 Å². The van der Waals surface area contributed by atoms with E-state index in [9.17, 15) is 4.79 Å². The fourth-order valence-corrected chi connectivity index (χ4v) is 2.45. The summed E-state index contributed by atoms with van der Waals surface area (Å²) in [5, 5.41) is 4.34. The number of rotatable bonds is 2. The second-order valence-corrected chi connectivity index (χ2v) is 4.74. The van der Waals surface area contributed by atoms with Crippen molar-refractivity contribution in [1.29, 1.82) is 0 Å². The molecule has 0 aromatic carbocycles. The van der Waals surface area contributed by atoms with Crippen molar-refractivity contribution >= 4 is 5.65 Å². The molecule has 3 rings (SSSR count). The Bertz CT molecular complexity index is 637. The molecule has 0 bridgehead atoms. The first kappa shape index (κ1) is 11.4. The van der Waals surface area contributed by atoms with Gasteiger partial charge in [-0.15, -0.1) is 5.10 Å². The molecule has 0 aliphatic carbocycles. The van der Waals surface area contributed by atoms with E-state index < -0.39 is 0 Å². The first-order valence-corrected chi connectivity index (χ1v) is 6.20. The smallest absolute Gasteiger partial charge is 0.351 e. The van der Waals surface area contributed by atoms with E-state index in [2.05, 4.69) is 10.1 Å². The monoisotopic (exact) mass is 248 g/mol. The third-order valence-electron chi connectivity index (χ3n) is 3.26. The average molecular weight is 248 g/mol. The Morgan fingerprint density at radius 3 is 3.06 bits per heavy atom. The molecule has 1 saturated heterocycles. The van der Waals surface area contributed by atoms with Crippen LogP contribution in [0.2, 0.25) is 0 Å². The lowest BCUT2D eigenvalue weighted by Gasteiger charge is -2.06. The van der Waals surface area contributed by atoms with Gasteiger partial charge in [-0.2, -0.15) is 0 Å². The first-order chi connectivity index (χ1) is 8.65. The summed E-state index contributed by atoms with van der Waals surface area (Å²) < 4.78 is 8.57. The number of aromatic nitrogens is 4. The van der Waals surface area contributed by atoms with Crippen LogP contribution in [-0.4, -0.2) is 31.9 Å². The first-order valence-electron chi connectivity index (χ1n) is 6.20. The van der Waals surface area contributed by atoms with Crippen LogP contribution in [0.15, 0.2) is 10.9 Å². The van der Waals surface area contributed by atoms with Crippen LogP contribution < -0.4 is 5.69 Å². The molecule has 0 spiro atoms. The standard InChI is InChI=1S/C12H16N4O2/c1-8-6-11-14-15(7-10-4-3-5-18-10)12(17)16(11)9(2)13-8/h6,10H,3-5,7H2,1-2H3/t10-/m1/s1. The van der Waals surface area contributed by atoms with Gasteiger partial charge >= 0.3 is 5.69 Å². The van der Waals surface area contributed by atoms with E-state index in [-0.39, 0.29) is 11.8 Å². The molecule has 6 heteroatoms. The van der Waals surface area contributed by atoms with Crippen molar-refractivity contribution in [2.45, 2.75) is 39.3 Å². The SMILES string of the molecule is Cc1cc2nn(C[C@H]3CCCO3)c(=O)n2c(C)n1. The molecular weight excluding hydrogens is 232 g/mol. The highest BCUT2D eigenvalue weighted by molar-refractivity contribution is 5.38. The Morgan fingerprint density at radius 2 is 2.33 bits per heavy atom. The van der Waals surface area contributed by atoms with Gasteiger partial charge < -0.3 is 4.74 Å². The number of hydrogen-bond donors (Lipinski definition) is 0. The molecule has 96 valence electrons. The number of ether oxygens (including phenoxy) is 1. The van der Waals surface area contributed by atoms with E-state index >= 15 is 0 Å². The maximum atomic E-state index is 12.2. The predicted octanol–water partition coefficient (Wildman–Crippen LogP) is 0.687. The lowest BCUT2D eigenvalue weighted by Crippen LogP contribution is -2.27. The molecule has 18 heavy (non-hydrogen) atoms. The molecule has 0 saturated carbocycles. The highest BCUT2D eigenvalue weighted by Crippen LogP contribution is 2.13. The minimum absolute atomic E-state index is 0.113. The van der Waals surface area contributed by atoms with Crippen LogP contribution in [-0.2, 0) is 11.3 Å². The Morgan fingerprint density at radius 1 is 1.50 bits per heavy atom. The zero-order chi connectivity index (χ0) is 12.7. The maximum absolute atomic E-state index is 12.2. The van der Waals surface area contributed by atoms with Crippen LogP contribution in [0.1, 0.15) is 24.4 Å². The van der Waals surface area contributed by atoms with Gasteiger partial charge in [-0.05, 0) is 26.7 Å². The van der Waals surface area contributed by atoms with E-state index in [1.54, 1.807) is 4.40 Å². The molecule has 1 aliphatic rings. The molecule has 0 radical (unpaired) electrons. The summed E-state index contributed by atoms with van der Waals surface area (Å²) in [5.74, 6) is 0.675. The quantitative estimate of drug-likeness (QED) is 0.784. The van der Waals surface area contributed by atoms with Crippen molar-refractivity contribution in [1.82, 2.24) is 19.2 Å². The molecule has 2 aromatic heterocycles. The zero-order valence-electron chi connectivity index (χ0n) is 10.6. The fourth-order valence-electron chi connectivity index (χ4n) is 2.45. The van der Waals surface area contributed by atoms with Gasteiger partial charge in [0.05, 0.1) is 12.6 Å². The normalized spacial score (nSPS) is 19.8. The van der Waals surface area contributed by atoms with E-state index in [0.29, 0.717) is 18.0 Å². The molecule has 6 nitrogen and oxygen atoms in total. The summed E-state index contributed by atoms with van der Waals surface area (Å²) in [6.07, 6.45) is 2.17. The van der Waals surface area contributed by atoms with Crippen molar-refractivity contribution < 1.29 is 4.74 Å². The van der Waals surface area contributed by atoms with Gasteiger partial charge in [-0.1, -0.05) is 0 Å². The lowest BCUT2D eigenvalue weighted by atomic mass is 10.2. The molecule has 0 unspecified atom stereocenters. The molecule has 0 N–H and O–H groups in total. The van der Waals surface area contributed by atoms with Crippen molar-refractivity contribution in [2.24, 2.45) is 0 Å². The van der Waals surface area contributed by atoms with Gasteiger partial charge in [0, 0.05) is 18.4 Å².